The largest absolute Gasteiger partial charge is 0.353 e. The fourth-order valence-corrected chi connectivity index (χ4v) is 2.39. The summed E-state index contributed by atoms with van der Waals surface area (Å²) >= 11 is 0. The minimum atomic E-state index is 0.307. The van der Waals surface area contributed by atoms with Gasteiger partial charge in [-0.1, -0.05) is 6.92 Å². The third-order valence-electron chi connectivity index (χ3n) is 3.62. The van der Waals surface area contributed by atoms with Crippen LogP contribution in [0.3, 0.4) is 0 Å². The average Bonchev–Trinajstić information content (AvgIpc) is 2.73. The lowest BCUT2D eigenvalue weighted by Gasteiger charge is -2.16. The molecule has 3 unspecified atom stereocenters. The number of carbonyl (C=O) groups is 1. The van der Waals surface area contributed by atoms with Crippen LogP contribution in [0.15, 0.2) is 0 Å². The summed E-state index contributed by atoms with van der Waals surface area (Å²) < 4.78 is 0. The summed E-state index contributed by atoms with van der Waals surface area (Å²) in [4.78, 5) is 11.7. The summed E-state index contributed by atoms with van der Waals surface area (Å²) in [6.45, 7) is 4.19. The van der Waals surface area contributed by atoms with Gasteiger partial charge in [-0.15, -0.1) is 0 Å². The van der Waals surface area contributed by atoms with Crippen molar-refractivity contribution in [2.24, 2.45) is 17.8 Å². The zero-order valence-corrected chi connectivity index (χ0v) is 8.55. The van der Waals surface area contributed by atoms with E-state index in [9.17, 15) is 4.79 Å². The molecule has 0 aliphatic heterocycles. The van der Waals surface area contributed by atoms with Crippen LogP contribution in [-0.4, -0.2) is 11.9 Å². The highest BCUT2D eigenvalue weighted by molar-refractivity contribution is 5.79. The van der Waals surface area contributed by atoms with Crippen LogP contribution in [0.25, 0.3) is 0 Å². The molecule has 13 heavy (non-hydrogen) atoms. The molecule has 74 valence electrons. The van der Waals surface area contributed by atoms with Gasteiger partial charge in [0.25, 0.3) is 0 Å². The van der Waals surface area contributed by atoms with Gasteiger partial charge in [-0.2, -0.15) is 0 Å². The molecule has 1 amide bonds. The number of hydrogen-bond acceptors (Lipinski definition) is 1. The number of amides is 1. The van der Waals surface area contributed by atoms with Crippen molar-refractivity contribution in [1.29, 1.82) is 0 Å². The topological polar surface area (TPSA) is 29.1 Å². The summed E-state index contributed by atoms with van der Waals surface area (Å²) in [5.74, 6) is 2.47. The van der Waals surface area contributed by atoms with Crippen molar-refractivity contribution in [3.63, 3.8) is 0 Å². The van der Waals surface area contributed by atoms with Crippen molar-refractivity contribution < 1.29 is 4.79 Å². The third-order valence-corrected chi connectivity index (χ3v) is 3.62. The molecule has 2 heteroatoms. The molecule has 2 aliphatic rings. The Morgan fingerprint density at radius 1 is 1.38 bits per heavy atom. The minimum Gasteiger partial charge on any atom is -0.353 e. The van der Waals surface area contributed by atoms with Gasteiger partial charge in [0.15, 0.2) is 0 Å². The summed E-state index contributed by atoms with van der Waals surface area (Å²) in [6, 6.07) is 0.351. The Kier molecular flexibility index (Phi) is 2.31. The van der Waals surface area contributed by atoms with E-state index < -0.39 is 0 Å². The number of rotatable bonds is 3. The predicted octanol–water partition coefficient (Wildman–Crippen LogP) is 1.95. The Labute approximate surface area is 80.1 Å². The van der Waals surface area contributed by atoms with Crippen molar-refractivity contribution in [3.8, 4) is 0 Å². The molecule has 2 saturated carbocycles. The van der Waals surface area contributed by atoms with Crippen molar-refractivity contribution in [1.82, 2.24) is 5.32 Å². The van der Waals surface area contributed by atoms with E-state index in [0.29, 0.717) is 17.9 Å². The molecule has 0 saturated heterocycles. The average molecular weight is 181 g/mol. The lowest BCUT2D eigenvalue weighted by molar-refractivity contribution is -0.125. The van der Waals surface area contributed by atoms with Crippen LogP contribution < -0.4 is 5.32 Å². The van der Waals surface area contributed by atoms with Gasteiger partial charge < -0.3 is 5.32 Å². The zero-order valence-electron chi connectivity index (χ0n) is 8.55. The highest BCUT2D eigenvalue weighted by Gasteiger charge is 2.47. The van der Waals surface area contributed by atoms with E-state index in [-0.39, 0.29) is 0 Å². The maximum Gasteiger partial charge on any atom is 0.223 e. The summed E-state index contributed by atoms with van der Waals surface area (Å²) in [7, 11) is 0. The van der Waals surface area contributed by atoms with Crippen LogP contribution in [0, 0.1) is 17.8 Å². The lowest BCUT2D eigenvalue weighted by Crippen LogP contribution is -2.36. The SMILES string of the molecule is CCC(C)NC(=O)C1CC2CC2C1. The van der Waals surface area contributed by atoms with Gasteiger partial charge in [0.2, 0.25) is 5.91 Å². The van der Waals surface area contributed by atoms with Gasteiger partial charge in [0.1, 0.15) is 0 Å². The van der Waals surface area contributed by atoms with E-state index in [0.717, 1.165) is 31.1 Å². The fourth-order valence-electron chi connectivity index (χ4n) is 2.39. The molecule has 2 rings (SSSR count). The molecule has 2 aliphatic carbocycles. The van der Waals surface area contributed by atoms with Crippen LogP contribution in [0.5, 0.6) is 0 Å². The van der Waals surface area contributed by atoms with Gasteiger partial charge >= 0.3 is 0 Å². The van der Waals surface area contributed by atoms with Gasteiger partial charge in [-0.25, -0.2) is 0 Å². The van der Waals surface area contributed by atoms with Crippen LogP contribution >= 0.6 is 0 Å². The normalized spacial score (nSPS) is 38.2. The van der Waals surface area contributed by atoms with Gasteiger partial charge in [-0.3, -0.25) is 4.79 Å². The van der Waals surface area contributed by atoms with E-state index in [2.05, 4.69) is 19.2 Å². The Morgan fingerprint density at radius 2 is 2.00 bits per heavy atom. The molecule has 0 aromatic rings. The Balaban J connectivity index is 1.77. The number of nitrogens with one attached hydrogen (secondary N) is 1. The van der Waals surface area contributed by atoms with Crippen molar-refractivity contribution in [2.75, 3.05) is 0 Å². The first-order chi connectivity index (χ1) is 6.20. The van der Waals surface area contributed by atoms with Gasteiger partial charge in [0.05, 0.1) is 0 Å². The van der Waals surface area contributed by atoms with Crippen molar-refractivity contribution in [2.45, 2.75) is 45.6 Å². The second kappa shape index (κ2) is 3.32. The standard InChI is InChI=1S/C11H19NO/c1-3-7(2)12-11(13)10-5-8-4-9(8)6-10/h7-10H,3-6H2,1-2H3,(H,12,13). The molecule has 1 N–H and O–H groups in total. The lowest BCUT2D eigenvalue weighted by atomic mass is 10.0. The van der Waals surface area contributed by atoms with Crippen LogP contribution in [0.1, 0.15) is 39.5 Å². The summed E-state index contributed by atoms with van der Waals surface area (Å²) in [6.07, 6.45) is 4.75. The molecule has 0 bridgehead atoms. The Morgan fingerprint density at radius 3 is 2.54 bits per heavy atom. The molecule has 3 atom stereocenters. The molecule has 0 spiro atoms. The van der Waals surface area contributed by atoms with Crippen LogP contribution in [-0.2, 0) is 4.79 Å². The molecule has 0 radical (unpaired) electrons. The Bertz CT molecular complexity index is 204. The molecule has 2 fully saturated rings. The minimum absolute atomic E-state index is 0.307. The number of hydrogen-bond donors (Lipinski definition) is 1. The first kappa shape index (κ1) is 9.04. The van der Waals surface area contributed by atoms with E-state index in [1.165, 1.54) is 6.42 Å². The summed E-state index contributed by atoms with van der Waals surface area (Å²) in [5, 5.41) is 3.07. The molecular weight excluding hydrogens is 162 g/mol. The van der Waals surface area contributed by atoms with E-state index in [1.54, 1.807) is 0 Å². The van der Waals surface area contributed by atoms with E-state index in [4.69, 9.17) is 0 Å². The monoisotopic (exact) mass is 181 g/mol. The number of carbonyl (C=O) groups excluding carboxylic acids is 1. The second-order valence-electron chi connectivity index (χ2n) is 4.74. The first-order valence-electron chi connectivity index (χ1n) is 5.51. The maximum atomic E-state index is 11.7. The summed E-state index contributed by atoms with van der Waals surface area (Å²) in [5.41, 5.74) is 0. The fraction of sp³-hybridized carbons (Fsp3) is 0.909. The van der Waals surface area contributed by atoms with E-state index >= 15 is 0 Å². The Hall–Kier alpha value is -0.530. The van der Waals surface area contributed by atoms with Crippen molar-refractivity contribution >= 4 is 5.91 Å². The zero-order chi connectivity index (χ0) is 9.42. The second-order valence-corrected chi connectivity index (χ2v) is 4.74. The first-order valence-corrected chi connectivity index (χ1v) is 5.51. The quantitative estimate of drug-likeness (QED) is 0.708. The smallest absolute Gasteiger partial charge is 0.223 e. The highest BCUT2D eigenvalue weighted by Crippen LogP contribution is 2.54. The van der Waals surface area contributed by atoms with Gasteiger partial charge in [0, 0.05) is 12.0 Å². The molecule has 0 heterocycles. The maximum absolute atomic E-state index is 11.7. The molecule has 0 aromatic heterocycles. The molecule has 2 nitrogen and oxygen atoms in total. The third kappa shape index (κ3) is 1.87. The van der Waals surface area contributed by atoms with E-state index in [1.807, 2.05) is 0 Å². The van der Waals surface area contributed by atoms with Crippen LogP contribution in [0.2, 0.25) is 0 Å². The molecule has 0 aromatic carbocycles. The van der Waals surface area contributed by atoms with Gasteiger partial charge in [-0.05, 0) is 44.4 Å². The van der Waals surface area contributed by atoms with Crippen molar-refractivity contribution in [3.05, 3.63) is 0 Å². The predicted molar refractivity (Wildman–Crippen MR) is 52.2 cm³/mol. The van der Waals surface area contributed by atoms with Crippen LogP contribution in [0.4, 0.5) is 0 Å². The number of fused-ring (bicyclic) bond motifs is 1. The highest BCUT2D eigenvalue weighted by atomic mass is 16.1. The molecular formula is C11H19NO.